The van der Waals surface area contributed by atoms with Crippen LogP contribution in [0.5, 0.6) is 0 Å². The molecule has 0 aliphatic carbocycles. The molecule has 1 aromatic heterocycles. The lowest BCUT2D eigenvalue weighted by Gasteiger charge is -2.20. The van der Waals surface area contributed by atoms with Gasteiger partial charge in [-0.05, 0) is 42.3 Å². The maximum atomic E-state index is 13.2. The highest BCUT2D eigenvalue weighted by Crippen LogP contribution is 2.26. The minimum Gasteiger partial charge on any atom is -0.324 e. The molecule has 0 aliphatic heterocycles. The summed E-state index contributed by atoms with van der Waals surface area (Å²) in [5.41, 5.74) is 2.53. The van der Waals surface area contributed by atoms with Gasteiger partial charge in [0.25, 0.3) is 0 Å². The zero-order chi connectivity index (χ0) is 22.0. The fourth-order valence-corrected chi connectivity index (χ4v) is 5.19. The third kappa shape index (κ3) is 4.59. The van der Waals surface area contributed by atoms with Crippen molar-refractivity contribution in [1.29, 1.82) is 0 Å². The molecule has 158 valence electrons. The first-order chi connectivity index (χ1) is 14.8. The van der Waals surface area contributed by atoms with Gasteiger partial charge in [0.1, 0.15) is 22.0 Å². The Morgan fingerprint density at radius 1 is 1.03 bits per heavy atom. The highest BCUT2D eigenvalue weighted by molar-refractivity contribution is 7.89. The number of aromatic nitrogens is 2. The van der Waals surface area contributed by atoms with Crippen LogP contribution in [0.4, 0.5) is 5.69 Å². The van der Waals surface area contributed by atoms with Crippen molar-refractivity contribution in [2.45, 2.75) is 17.9 Å². The SMILES string of the molecule is Cc1ccc(Cl)cc1NC(=O)C(NS(=O)(=O)c1cccc2nsnc12)c1ccccc1. The van der Waals surface area contributed by atoms with Crippen molar-refractivity contribution in [3.63, 3.8) is 0 Å². The van der Waals surface area contributed by atoms with E-state index in [1.807, 2.05) is 6.92 Å². The van der Waals surface area contributed by atoms with E-state index in [0.717, 1.165) is 17.3 Å². The van der Waals surface area contributed by atoms with Crippen molar-refractivity contribution < 1.29 is 13.2 Å². The van der Waals surface area contributed by atoms with Crippen molar-refractivity contribution in [1.82, 2.24) is 13.5 Å². The first kappa shape index (κ1) is 21.4. The predicted molar refractivity (Wildman–Crippen MR) is 122 cm³/mol. The van der Waals surface area contributed by atoms with Crippen LogP contribution in [0, 0.1) is 6.92 Å². The number of aryl methyl sites for hydroxylation is 1. The molecule has 0 spiro atoms. The number of carbonyl (C=O) groups is 1. The molecular weight excluding hydrogens is 456 g/mol. The van der Waals surface area contributed by atoms with Gasteiger partial charge in [-0.25, -0.2) is 8.42 Å². The van der Waals surface area contributed by atoms with Gasteiger partial charge >= 0.3 is 0 Å². The molecule has 0 bridgehead atoms. The fraction of sp³-hybridized carbons (Fsp3) is 0.0952. The summed E-state index contributed by atoms with van der Waals surface area (Å²) >= 11 is 6.98. The number of rotatable bonds is 6. The molecular formula is C21H17ClN4O3S2. The van der Waals surface area contributed by atoms with E-state index >= 15 is 0 Å². The van der Waals surface area contributed by atoms with E-state index < -0.39 is 22.0 Å². The number of sulfonamides is 1. The summed E-state index contributed by atoms with van der Waals surface area (Å²) in [6.45, 7) is 1.82. The summed E-state index contributed by atoms with van der Waals surface area (Å²) in [6, 6.07) is 17.3. The molecule has 1 unspecified atom stereocenters. The third-order valence-electron chi connectivity index (χ3n) is 4.66. The average Bonchev–Trinajstić information content (AvgIpc) is 3.24. The highest BCUT2D eigenvalue weighted by Gasteiger charge is 2.29. The molecule has 4 rings (SSSR count). The molecule has 1 amide bonds. The molecule has 0 saturated carbocycles. The van der Waals surface area contributed by atoms with E-state index in [1.165, 1.54) is 6.07 Å². The van der Waals surface area contributed by atoms with Gasteiger partial charge in [0.15, 0.2) is 0 Å². The second-order valence-corrected chi connectivity index (χ2v) is 9.45. The zero-order valence-electron chi connectivity index (χ0n) is 16.2. The first-order valence-electron chi connectivity index (χ1n) is 9.21. The lowest BCUT2D eigenvalue weighted by molar-refractivity contribution is -0.117. The lowest BCUT2D eigenvalue weighted by Crippen LogP contribution is -2.37. The molecule has 0 fully saturated rings. The van der Waals surface area contributed by atoms with Crippen LogP contribution >= 0.6 is 23.3 Å². The van der Waals surface area contributed by atoms with Gasteiger partial charge in [0.2, 0.25) is 15.9 Å². The van der Waals surface area contributed by atoms with Crippen LogP contribution in [0.2, 0.25) is 5.02 Å². The maximum Gasteiger partial charge on any atom is 0.247 e. The van der Waals surface area contributed by atoms with Crippen molar-refractivity contribution in [2.24, 2.45) is 0 Å². The van der Waals surface area contributed by atoms with Crippen LogP contribution in [-0.2, 0) is 14.8 Å². The molecule has 0 saturated heterocycles. The van der Waals surface area contributed by atoms with E-state index in [-0.39, 0.29) is 10.4 Å². The van der Waals surface area contributed by atoms with Crippen LogP contribution in [0.1, 0.15) is 17.2 Å². The number of nitrogens with one attached hydrogen (secondary N) is 2. The van der Waals surface area contributed by atoms with E-state index in [9.17, 15) is 13.2 Å². The predicted octanol–water partition coefficient (Wildman–Crippen LogP) is 4.31. The van der Waals surface area contributed by atoms with E-state index in [1.54, 1.807) is 60.7 Å². The van der Waals surface area contributed by atoms with Gasteiger partial charge in [0.05, 0.1) is 11.7 Å². The summed E-state index contributed by atoms with van der Waals surface area (Å²) in [6.07, 6.45) is 0. The monoisotopic (exact) mass is 472 g/mol. The number of hydrogen-bond donors (Lipinski definition) is 2. The highest BCUT2D eigenvalue weighted by atomic mass is 35.5. The van der Waals surface area contributed by atoms with Crippen LogP contribution in [0.15, 0.2) is 71.6 Å². The molecule has 4 aromatic rings. The van der Waals surface area contributed by atoms with Gasteiger partial charge in [0, 0.05) is 10.7 Å². The van der Waals surface area contributed by atoms with Crippen LogP contribution in [0.3, 0.4) is 0 Å². The minimum absolute atomic E-state index is 0.0357. The summed E-state index contributed by atoms with van der Waals surface area (Å²) < 4.78 is 37.2. The van der Waals surface area contributed by atoms with E-state index in [4.69, 9.17) is 11.6 Å². The second-order valence-electron chi connectivity index (χ2n) is 6.80. The van der Waals surface area contributed by atoms with Crippen LogP contribution < -0.4 is 10.0 Å². The molecule has 2 N–H and O–H groups in total. The Kier molecular flexibility index (Phi) is 6.01. The molecule has 1 atom stereocenters. The maximum absolute atomic E-state index is 13.2. The molecule has 0 radical (unpaired) electrons. The van der Waals surface area contributed by atoms with E-state index in [2.05, 4.69) is 18.8 Å². The number of fused-ring (bicyclic) bond motifs is 1. The number of nitrogens with zero attached hydrogens (tertiary/aromatic N) is 2. The standard InChI is InChI=1S/C21H17ClN4O3S2/c1-13-10-11-15(22)12-17(13)23-21(27)19(14-6-3-2-4-7-14)26-31(28,29)18-9-5-8-16-20(18)25-30-24-16/h2-12,19,26H,1H3,(H,23,27). The number of carbonyl (C=O) groups excluding carboxylic acids is 1. The number of benzene rings is 3. The van der Waals surface area contributed by atoms with Gasteiger partial charge in [-0.1, -0.05) is 54.1 Å². The summed E-state index contributed by atoms with van der Waals surface area (Å²) in [5.74, 6) is -0.538. The molecule has 7 nitrogen and oxygen atoms in total. The Balaban J connectivity index is 1.71. The van der Waals surface area contributed by atoms with Crippen molar-refractivity contribution in [3.8, 4) is 0 Å². The lowest BCUT2D eigenvalue weighted by atomic mass is 10.1. The topological polar surface area (TPSA) is 101 Å². The van der Waals surface area contributed by atoms with Crippen molar-refractivity contribution in [3.05, 3.63) is 82.9 Å². The molecule has 0 aliphatic rings. The van der Waals surface area contributed by atoms with Gasteiger partial charge in [-0.3, -0.25) is 4.79 Å². The molecule has 1 heterocycles. The summed E-state index contributed by atoms with van der Waals surface area (Å²) in [7, 11) is -4.09. The average molecular weight is 473 g/mol. The number of anilines is 1. The van der Waals surface area contributed by atoms with Crippen molar-refractivity contribution in [2.75, 3.05) is 5.32 Å². The van der Waals surface area contributed by atoms with E-state index in [0.29, 0.717) is 21.8 Å². The Labute approximate surface area is 188 Å². The fourth-order valence-electron chi connectivity index (χ4n) is 3.07. The number of amides is 1. The zero-order valence-corrected chi connectivity index (χ0v) is 18.6. The Morgan fingerprint density at radius 3 is 2.58 bits per heavy atom. The van der Waals surface area contributed by atoms with Gasteiger partial charge in [-0.2, -0.15) is 13.5 Å². The Hall–Kier alpha value is -2.85. The van der Waals surface area contributed by atoms with Gasteiger partial charge in [-0.15, -0.1) is 0 Å². The summed E-state index contributed by atoms with van der Waals surface area (Å²) in [4.78, 5) is 13.2. The minimum atomic E-state index is -4.09. The number of hydrogen-bond acceptors (Lipinski definition) is 6. The Bertz CT molecular complexity index is 1360. The second kappa shape index (κ2) is 8.72. The third-order valence-corrected chi connectivity index (χ3v) is 6.90. The first-order valence-corrected chi connectivity index (χ1v) is 11.8. The van der Waals surface area contributed by atoms with Crippen LogP contribution in [0.25, 0.3) is 11.0 Å². The van der Waals surface area contributed by atoms with Gasteiger partial charge < -0.3 is 5.32 Å². The summed E-state index contributed by atoms with van der Waals surface area (Å²) in [5, 5.41) is 3.24. The number of halogens is 1. The quantitative estimate of drug-likeness (QED) is 0.435. The Morgan fingerprint density at radius 2 is 1.81 bits per heavy atom. The normalized spacial score (nSPS) is 12.6. The largest absolute Gasteiger partial charge is 0.324 e. The smallest absolute Gasteiger partial charge is 0.247 e. The molecule has 10 heteroatoms. The molecule has 3 aromatic carbocycles. The van der Waals surface area contributed by atoms with Crippen LogP contribution in [-0.4, -0.2) is 23.1 Å². The molecule has 31 heavy (non-hydrogen) atoms. The van der Waals surface area contributed by atoms with Crippen molar-refractivity contribution >= 4 is 56.0 Å².